The average molecular weight is 291 g/mol. The Hall–Kier alpha value is -1.06. The number of rotatable bonds is 1. The van der Waals surface area contributed by atoms with Gasteiger partial charge in [-0.2, -0.15) is 0 Å². The topological polar surface area (TPSA) is 46.6 Å². The van der Waals surface area contributed by atoms with Gasteiger partial charge in [-0.15, -0.1) is 0 Å². The van der Waals surface area contributed by atoms with Gasteiger partial charge in [0, 0.05) is 30.8 Å². The van der Waals surface area contributed by atoms with Gasteiger partial charge in [-0.25, -0.2) is 0 Å². The quantitative estimate of drug-likeness (QED) is 0.696. The summed E-state index contributed by atoms with van der Waals surface area (Å²) in [5.74, 6) is 2.13. The predicted octanol–water partition coefficient (Wildman–Crippen LogP) is 2.22. The third-order valence-corrected chi connectivity index (χ3v) is 6.71. The summed E-state index contributed by atoms with van der Waals surface area (Å²) in [4.78, 5) is 26.7. The Morgan fingerprint density at radius 2 is 2.05 bits per heavy atom. The van der Waals surface area contributed by atoms with Crippen LogP contribution in [0.4, 0.5) is 0 Å². The van der Waals surface area contributed by atoms with E-state index in [0.717, 1.165) is 32.2 Å². The molecule has 0 aromatic rings. The number of carbonyl (C=O) groups excluding carboxylic acids is 2. The fourth-order valence-electron chi connectivity index (χ4n) is 5.90. The van der Waals surface area contributed by atoms with Crippen LogP contribution in [0.25, 0.3) is 0 Å². The molecule has 0 bridgehead atoms. The molecule has 4 aliphatic rings. The Labute approximate surface area is 126 Å². The van der Waals surface area contributed by atoms with Crippen LogP contribution in [0.5, 0.6) is 0 Å². The minimum absolute atomic E-state index is 0.00769. The van der Waals surface area contributed by atoms with Gasteiger partial charge < -0.3 is 9.64 Å². The number of nitrogens with zero attached hydrogens (tertiary/aromatic N) is 1. The summed E-state index contributed by atoms with van der Waals surface area (Å²) in [6.45, 7) is 5.14. The second kappa shape index (κ2) is 4.72. The zero-order valence-corrected chi connectivity index (χ0v) is 13.0. The zero-order chi connectivity index (χ0) is 14.7. The van der Waals surface area contributed by atoms with E-state index >= 15 is 0 Å². The molecule has 116 valence electrons. The molecule has 3 saturated heterocycles. The number of hydrogen-bond donors (Lipinski definition) is 0. The van der Waals surface area contributed by atoms with Gasteiger partial charge in [-0.1, -0.05) is 13.8 Å². The van der Waals surface area contributed by atoms with Crippen LogP contribution >= 0.6 is 0 Å². The van der Waals surface area contributed by atoms with E-state index in [1.54, 1.807) is 0 Å². The van der Waals surface area contributed by atoms with Crippen molar-refractivity contribution in [3.8, 4) is 0 Å². The van der Waals surface area contributed by atoms with Crippen LogP contribution in [0.1, 0.15) is 46.0 Å². The molecule has 1 saturated carbocycles. The second-order valence-corrected chi connectivity index (χ2v) is 7.43. The number of amides is 1. The summed E-state index contributed by atoms with van der Waals surface area (Å²) < 4.78 is 5.81. The minimum atomic E-state index is -0.00955. The molecule has 0 spiro atoms. The molecule has 0 radical (unpaired) electrons. The van der Waals surface area contributed by atoms with Crippen LogP contribution in [0.15, 0.2) is 0 Å². The predicted molar refractivity (Wildman–Crippen MR) is 77.3 cm³/mol. The van der Waals surface area contributed by atoms with Crippen LogP contribution in [-0.4, -0.2) is 35.5 Å². The number of ether oxygens (including phenoxy) is 1. The Kier molecular flexibility index (Phi) is 3.05. The van der Waals surface area contributed by atoms with Gasteiger partial charge >= 0.3 is 5.97 Å². The summed E-state index contributed by atoms with van der Waals surface area (Å²) in [5, 5.41) is 0. The smallest absolute Gasteiger partial charge is 0.309 e. The first-order valence-electron chi connectivity index (χ1n) is 8.63. The number of fused-ring (bicyclic) bond motifs is 2. The SMILES string of the molecule is CC[C@@H]1[C@H]2CCCC(=O)N3CC[C@H]([C@H]4C(C)C(=O)O[C@@H]14)[C@@H]23. The summed E-state index contributed by atoms with van der Waals surface area (Å²) >= 11 is 0. The number of hydrogen-bond acceptors (Lipinski definition) is 3. The van der Waals surface area contributed by atoms with Crippen molar-refractivity contribution in [3.63, 3.8) is 0 Å². The van der Waals surface area contributed by atoms with Crippen molar-refractivity contribution in [3.05, 3.63) is 0 Å². The highest BCUT2D eigenvalue weighted by Gasteiger charge is 2.61. The van der Waals surface area contributed by atoms with Crippen molar-refractivity contribution in [1.82, 2.24) is 4.90 Å². The third kappa shape index (κ3) is 1.74. The van der Waals surface area contributed by atoms with Gasteiger partial charge in [0.15, 0.2) is 0 Å². The van der Waals surface area contributed by atoms with Crippen LogP contribution < -0.4 is 0 Å². The van der Waals surface area contributed by atoms with Crippen LogP contribution in [0.3, 0.4) is 0 Å². The maximum absolute atomic E-state index is 12.4. The van der Waals surface area contributed by atoms with Crippen molar-refractivity contribution in [2.45, 2.75) is 58.1 Å². The Balaban J connectivity index is 1.76. The number of esters is 1. The van der Waals surface area contributed by atoms with E-state index in [-0.39, 0.29) is 18.0 Å². The van der Waals surface area contributed by atoms with E-state index in [0.29, 0.717) is 42.0 Å². The minimum Gasteiger partial charge on any atom is -0.462 e. The lowest BCUT2D eigenvalue weighted by Gasteiger charge is -2.47. The monoisotopic (exact) mass is 291 g/mol. The highest BCUT2D eigenvalue weighted by molar-refractivity contribution is 5.78. The van der Waals surface area contributed by atoms with Crippen LogP contribution in [0, 0.1) is 29.6 Å². The van der Waals surface area contributed by atoms with Gasteiger partial charge in [0.25, 0.3) is 0 Å². The molecule has 1 amide bonds. The lowest BCUT2D eigenvalue weighted by molar-refractivity contribution is -0.149. The molecule has 4 rings (SSSR count). The summed E-state index contributed by atoms with van der Waals surface area (Å²) in [5.41, 5.74) is 0. The molecule has 3 aliphatic heterocycles. The molecule has 0 N–H and O–H groups in total. The van der Waals surface area contributed by atoms with Gasteiger partial charge in [-0.05, 0) is 37.5 Å². The van der Waals surface area contributed by atoms with E-state index < -0.39 is 0 Å². The summed E-state index contributed by atoms with van der Waals surface area (Å²) in [6.07, 6.45) is 5.05. The van der Waals surface area contributed by atoms with Gasteiger partial charge in [-0.3, -0.25) is 9.59 Å². The van der Waals surface area contributed by atoms with Crippen molar-refractivity contribution in [2.24, 2.45) is 29.6 Å². The van der Waals surface area contributed by atoms with Crippen molar-refractivity contribution in [2.75, 3.05) is 6.54 Å². The first-order chi connectivity index (χ1) is 10.1. The number of carbonyl (C=O) groups is 2. The third-order valence-electron chi connectivity index (χ3n) is 6.71. The maximum Gasteiger partial charge on any atom is 0.309 e. The maximum atomic E-state index is 12.4. The van der Waals surface area contributed by atoms with E-state index in [4.69, 9.17) is 4.74 Å². The summed E-state index contributed by atoms with van der Waals surface area (Å²) in [6, 6.07) is 0.378. The van der Waals surface area contributed by atoms with E-state index in [2.05, 4.69) is 11.8 Å². The fourth-order valence-corrected chi connectivity index (χ4v) is 5.90. The van der Waals surface area contributed by atoms with Crippen LogP contribution in [-0.2, 0) is 14.3 Å². The first-order valence-corrected chi connectivity index (χ1v) is 8.63. The Bertz CT molecular complexity index is 477. The molecule has 21 heavy (non-hydrogen) atoms. The van der Waals surface area contributed by atoms with Gasteiger partial charge in [0.2, 0.25) is 5.91 Å². The molecule has 4 nitrogen and oxygen atoms in total. The van der Waals surface area contributed by atoms with E-state index in [1.807, 2.05) is 6.92 Å². The van der Waals surface area contributed by atoms with Crippen LogP contribution in [0.2, 0.25) is 0 Å². The lowest BCUT2D eigenvalue weighted by Crippen LogP contribution is -2.54. The molecule has 4 fully saturated rings. The van der Waals surface area contributed by atoms with E-state index in [9.17, 15) is 9.59 Å². The first kappa shape index (κ1) is 13.6. The van der Waals surface area contributed by atoms with Gasteiger partial charge in [0.05, 0.1) is 5.92 Å². The van der Waals surface area contributed by atoms with Crippen molar-refractivity contribution >= 4 is 11.9 Å². The largest absolute Gasteiger partial charge is 0.462 e. The Morgan fingerprint density at radius 3 is 2.81 bits per heavy atom. The second-order valence-electron chi connectivity index (χ2n) is 7.43. The molecular formula is C17H25NO3. The molecule has 3 heterocycles. The average Bonchev–Trinajstić information content (AvgIpc) is 2.96. The Morgan fingerprint density at radius 1 is 1.24 bits per heavy atom. The molecule has 7 atom stereocenters. The molecule has 4 heteroatoms. The molecule has 0 aromatic carbocycles. The van der Waals surface area contributed by atoms with Gasteiger partial charge in [0.1, 0.15) is 6.10 Å². The zero-order valence-electron chi connectivity index (χ0n) is 13.0. The highest BCUT2D eigenvalue weighted by atomic mass is 16.6. The van der Waals surface area contributed by atoms with Crippen molar-refractivity contribution < 1.29 is 14.3 Å². The van der Waals surface area contributed by atoms with E-state index in [1.165, 1.54) is 0 Å². The standard InChI is InChI=1S/C17H25NO3/c1-3-10-11-5-4-6-13(19)18-8-7-12(15(11)18)14-9(2)17(20)21-16(10)14/h9-12,14-16H,3-8H2,1-2H3/t9?,10-,11-,12-,14-,15-,16+/m1/s1. The normalized spacial score (nSPS) is 48.7. The molecule has 1 unspecified atom stereocenters. The molecule has 0 aromatic heterocycles. The molecule has 1 aliphatic carbocycles. The summed E-state index contributed by atoms with van der Waals surface area (Å²) in [7, 11) is 0. The van der Waals surface area contributed by atoms with Crippen molar-refractivity contribution in [1.29, 1.82) is 0 Å². The highest BCUT2D eigenvalue weighted by Crippen LogP contribution is 2.55. The lowest BCUT2D eigenvalue weighted by atomic mass is 9.60. The molecular weight excluding hydrogens is 266 g/mol. The fraction of sp³-hybridized carbons (Fsp3) is 0.882.